The number of benzene rings is 4. The van der Waals surface area contributed by atoms with Crippen LogP contribution in [0.3, 0.4) is 0 Å². The van der Waals surface area contributed by atoms with Gasteiger partial charge < -0.3 is 19.2 Å². The fourth-order valence-electron chi connectivity index (χ4n) is 8.90. The van der Waals surface area contributed by atoms with Gasteiger partial charge in [-0.3, -0.25) is 4.99 Å². The van der Waals surface area contributed by atoms with Gasteiger partial charge in [0.05, 0.1) is 0 Å². The minimum absolute atomic E-state index is 0. The standard InChI is InChI=1S/C49H45N5O.Pt/c1-47(2,3)31-17-18-34-29(21-31)23-43-45(34)52-46(55-43)30-22-33(28-50-27-30)53-40-16-12-10-14-37(40)49(7,8)38-25-36-35-13-9-11-15-39(35)54(41(36)26-42(38)53)44-24-32(19-20-51-44)48(4,5)6;/h9-21,24-25,27-28,43,45H,23H2,1-8H3;/q-2;+2/t43-,45+;/m0./s1. The van der Waals surface area contributed by atoms with Gasteiger partial charge in [-0.2, -0.15) is 6.07 Å². The van der Waals surface area contributed by atoms with Gasteiger partial charge in [0.15, 0.2) is 0 Å². The number of para-hydroxylation sites is 2. The van der Waals surface area contributed by atoms with Crippen LogP contribution in [0.4, 0.5) is 17.1 Å². The first-order valence-electron chi connectivity index (χ1n) is 19.4. The molecule has 0 N–H and O–H groups in total. The Morgan fingerprint density at radius 2 is 1.54 bits per heavy atom. The van der Waals surface area contributed by atoms with Gasteiger partial charge in [0.1, 0.15) is 23.9 Å². The maximum Gasteiger partial charge on any atom is 2.00 e. The molecule has 0 spiro atoms. The van der Waals surface area contributed by atoms with Gasteiger partial charge in [0.25, 0.3) is 0 Å². The number of anilines is 3. The zero-order chi connectivity index (χ0) is 38.0. The molecule has 10 rings (SSSR count). The number of fused-ring (bicyclic) bond motifs is 8. The summed E-state index contributed by atoms with van der Waals surface area (Å²) in [5, 5.41) is 2.32. The van der Waals surface area contributed by atoms with E-state index in [1.807, 2.05) is 18.6 Å². The molecule has 2 atom stereocenters. The maximum absolute atomic E-state index is 6.63. The average Bonchev–Trinajstić information content (AvgIpc) is 3.83. The number of rotatable bonds is 3. The average molecular weight is 915 g/mol. The maximum atomic E-state index is 6.63. The second-order valence-corrected chi connectivity index (χ2v) is 18.0. The molecule has 7 aromatic rings. The van der Waals surface area contributed by atoms with Crippen molar-refractivity contribution < 1.29 is 25.8 Å². The number of nitrogens with zero attached hydrogens (tertiary/aromatic N) is 5. The number of hydrogen-bond donors (Lipinski definition) is 0. The molecule has 3 aromatic heterocycles. The van der Waals surface area contributed by atoms with Crippen LogP contribution < -0.4 is 4.90 Å². The van der Waals surface area contributed by atoms with Gasteiger partial charge in [0.2, 0.25) is 0 Å². The Morgan fingerprint density at radius 3 is 2.34 bits per heavy atom. The number of aromatic nitrogens is 3. The molecule has 0 radical (unpaired) electrons. The Hall–Kier alpha value is -5.06. The van der Waals surface area contributed by atoms with Crippen molar-refractivity contribution in [2.45, 2.75) is 90.2 Å². The van der Waals surface area contributed by atoms with E-state index in [0.29, 0.717) is 5.90 Å². The van der Waals surface area contributed by atoms with E-state index < -0.39 is 0 Å². The molecule has 56 heavy (non-hydrogen) atoms. The van der Waals surface area contributed by atoms with Crippen molar-refractivity contribution in [1.82, 2.24) is 14.5 Å². The van der Waals surface area contributed by atoms with Crippen LogP contribution in [0.25, 0.3) is 27.6 Å². The van der Waals surface area contributed by atoms with E-state index in [1.165, 1.54) is 38.8 Å². The normalized spacial score (nSPS) is 18.1. The van der Waals surface area contributed by atoms with E-state index in [-0.39, 0.29) is 49.5 Å². The predicted octanol–water partition coefficient (Wildman–Crippen LogP) is 11.3. The molecule has 5 heterocycles. The first-order chi connectivity index (χ1) is 26.3. The van der Waals surface area contributed by atoms with Crippen molar-refractivity contribution >= 4 is 44.8 Å². The van der Waals surface area contributed by atoms with Crippen LogP contribution in [-0.2, 0) is 48.5 Å². The summed E-state index contributed by atoms with van der Waals surface area (Å²) in [5.74, 6) is 1.48. The molecule has 282 valence electrons. The summed E-state index contributed by atoms with van der Waals surface area (Å²) in [7, 11) is 0. The number of ether oxygens (including phenoxy) is 1. The first-order valence-corrected chi connectivity index (χ1v) is 19.4. The van der Waals surface area contributed by atoms with E-state index in [4.69, 9.17) is 19.7 Å². The van der Waals surface area contributed by atoms with Crippen LogP contribution >= 0.6 is 0 Å². The van der Waals surface area contributed by atoms with Crippen LogP contribution in [0.15, 0.2) is 109 Å². The summed E-state index contributed by atoms with van der Waals surface area (Å²) in [6.45, 7) is 18.1. The van der Waals surface area contributed by atoms with Crippen molar-refractivity contribution in [3.63, 3.8) is 0 Å². The molecule has 0 bridgehead atoms. The largest absolute Gasteiger partial charge is 2.00 e. The second kappa shape index (κ2) is 12.7. The topological polar surface area (TPSA) is 55.5 Å². The molecule has 1 aliphatic carbocycles. The summed E-state index contributed by atoms with van der Waals surface area (Å²) in [4.78, 5) is 17.2. The zero-order valence-corrected chi connectivity index (χ0v) is 35.4. The van der Waals surface area contributed by atoms with E-state index in [1.54, 1.807) is 0 Å². The zero-order valence-electron chi connectivity index (χ0n) is 33.1. The van der Waals surface area contributed by atoms with E-state index in [0.717, 1.165) is 51.3 Å². The molecule has 7 heteroatoms. The summed E-state index contributed by atoms with van der Waals surface area (Å²) < 4.78 is 8.90. The molecular formula is C49H45N5OPt. The minimum atomic E-state index is -0.303. The van der Waals surface area contributed by atoms with Crippen molar-refractivity contribution in [2.75, 3.05) is 4.90 Å². The van der Waals surface area contributed by atoms with Gasteiger partial charge >= 0.3 is 21.1 Å². The summed E-state index contributed by atoms with van der Waals surface area (Å²) in [6, 6.07) is 38.5. The Morgan fingerprint density at radius 1 is 0.786 bits per heavy atom. The smallest absolute Gasteiger partial charge is 0.514 e. The van der Waals surface area contributed by atoms with Gasteiger partial charge in [-0.1, -0.05) is 133 Å². The van der Waals surface area contributed by atoms with Crippen LogP contribution in [0.2, 0.25) is 0 Å². The molecular weight excluding hydrogens is 870 g/mol. The molecule has 0 unspecified atom stereocenters. The molecule has 0 amide bonds. The van der Waals surface area contributed by atoms with E-state index in [2.05, 4.69) is 162 Å². The summed E-state index contributed by atoms with van der Waals surface area (Å²) >= 11 is 0. The van der Waals surface area contributed by atoms with Gasteiger partial charge in [-0.25, -0.2) is 4.98 Å². The van der Waals surface area contributed by atoms with Crippen LogP contribution in [0.5, 0.6) is 0 Å². The van der Waals surface area contributed by atoms with Crippen LogP contribution in [0.1, 0.15) is 100 Å². The molecule has 0 saturated heterocycles. The molecule has 2 aliphatic heterocycles. The monoisotopic (exact) mass is 914 g/mol. The molecule has 0 fully saturated rings. The molecule has 0 saturated carbocycles. The van der Waals surface area contributed by atoms with Gasteiger partial charge in [0, 0.05) is 23.8 Å². The summed E-state index contributed by atoms with van der Waals surface area (Å²) in [6.07, 6.45) is 6.47. The van der Waals surface area contributed by atoms with E-state index >= 15 is 0 Å². The third-order valence-corrected chi connectivity index (χ3v) is 12.0. The SMILES string of the molecule is CC(C)(C)c1ccnc(-n2c3[c-]c4c(cc3c3ccccc32)C(C)(C)c2ccccc2N4c2[c-]c(C3=N[C@@H]4c5ccc(C(C)(C)C)cc5C[C@@H]4O3)cnc2)c1.[Pt+2]. The molecule has 4 aromatic carbocycles. The number of pyridine rings is 2. The number of aliphatic imine (C=N–C) groups is 1. The van der Waals surface area contributed by atoms with Crippen LogP contribution in [-0.4, -0.2) is 26.5 Å². The summed E-state index contributed by atoms with van der Waals surface area (Å²) in [5.41, 5.74) is 13.0. The van der Waals surface area contributed by atoms with Crippen molar-refractivity contribution in [2.24, 2.45) is 4.99 Å². The van der Waals surface area contributed by atoms with Gasteiger partial charge in [-0.05, 0) is 85.6 Å². The third-order valence-electron chi connectivity index (χ3n) is 12.0. The molecule has 3 aliphatic rings. The Labute approximate surface area is 343 Å². The Balaban J connectivity index is 0.00000410. The van der Waals surface area contributed by atoms with Crippen LogP contribution in [0, 0.1) is 12.1 Å². The first kappa shape index (κ1) is 36.6. The minimum Gasteiger partial charge on any atom is -0.514 e. The van der Waals surface area contributed by atoms with E-state index in [9.17, 15) is 0 Å². The second-order valence-electron chi connectivity index (χ2n) is 18.0. The molecule has 6 nitrogen and oxygen atoms in total. The van der Waals surface area contributed by atoms with Crippen molar-refractivity contribution in [3.05, 3.63) is 155 Å². The Bertz CT molecular complexity index is 2750. The fourth-order valence-corrected chi connectivity index (χ4v) is 8.90. The van der Waals surface area contributed by atoms with Crippen molar-refractivity contribution in [1.29, 1.82) is 0 Å². The third kappa shape index (κ3) is 5.58. The fraction of sp³-hybridized carbons (Fsp3) is 0.286. The quantitative estimate of drug-likeness (QED) is 0.166. The number of hydrogen-bond acceptors (Lipinski definition) is 5. The van der Waals surface area contributed by atoms with Gasteiger partial charge in [-0.15, -0.1) is 23.1 Å². The van der Waals surface area contributed by atoms with Crippen molar-refractivity contribution in [3.8, 4) is 5.82 Å². The predicted molar refractivity (Wildman–Crippen MR) is 223 cm³/mol. The Kier molecular flexibility index (Phi) is 8.31.